The van der Waals surface area contributed by atoms with Crippen molar-refractivity contribution in [3.63, 3.8) is 0 Å². The fraction of sp³-hybridized carbons (Fsp3) is 0.474. The van der Waals surface area contributed by atoms with Crippen LogP contribution in [0.25, 0.3) is 5.69 Å². The molecule has 130 valence electrons. The Kier molecular flexibility index (Phi) is 6.55. The lowest BCUT2D eigenvalue weighted by Gasteiger charge is -2.21. The molecule has 0 fully saturated rings. The van der Waals surface area contributed by atoms with Crippen molar-refractivity contribution in [3.05, 3.63) is 47.8 Å². The number of hydrogen-bond donors (Lipinski definition) is 1. The molecule has 0 aliphatic carbocycles. The zero-order chi connectivity index (χ0) is 17.5. The van der Waals surface area contributed by atoms with Crippen LogP contribution in [0.4, 0.5) is 0 Å². The van der Waals surface area contributed by atoms with E-state index in [-0.39, 0.29) is 11.9 Å². The Hall–Kier alpha value is -2.14. The minimum absolute atomic E-state index is 0.0848. The van der Waals surface area contributed by atoms with Crippen LogP contribution >= 0.6 is 0 Å². The summed E-state index contributed by atoms with van der Waals surface area (Å²) in [7, 11) is 2.09. The molecule has 1 heterocycles. The predicted octanol–water partition coefficient (Wildman–Crippen LogP) is 3.03. The van der Waals surface area contributed by atoms with Crippen molar-refractivity contribution in [1.82, 2.24) is 20.0 Å². The van der Waals surface area contributed by atoms with Gasteiger partial charge in [-0.1, -0.05) is 31.5 Å². The maximum atomic E-state index is 12.4. The number of amides is 1. The molecule has 1 unspecified atom stereocenters. The zero-order valence-electron chi connectivity index (χ0n) is 15.1. The summed E-state index contributed by atoms with van der Waals surface area (Å²) in [5, 5.41) is 7.49. The Bertz CT molecular complexity index is 651. The number of para-hydroxylation sites is 1. The van der Waals surface area contributed by atoms with Gasteiger partial charge in [0.1, 0.15) is 0 Å². The monoisotopic (exact) mass is 328 g/mol. The molecule has 1 aromatic carbocycles. The van der Waals surface area contributed by atoms with Gasteiger partial charge >= 0.3 is 0 Å². The summed E-state index contributed by atoms with van der Waals surface area (Å²) >= 11 is 0. The molecule has 1 atom stereocenters. The fourth-order valence-corrected chi connectivity index (χ4v) is 2.75. The van der Waals surface area contributed by atoms with Gasteiger partial charge in [-0.2, -0.15) is 5.10 Å². The topological polar surface area (TPSA) is 50.2 Å². The number of nitrogens with zero attached hydrogens (tertiary/aromatic N) is 3. The van der Waals surface area contributed by atoms with Crippen molar-refractivity contribution in [1.29, 1.82) is 0 Å². The molecule has 24 heavy (non-hydrogen) atoms. The van der Waals surface area contributed by atoms with Gasteiger partial charge in [-0.15, -0.1) is 0 Å². The SMILES string of the molecule is CCCCN(C)CC(C)NC(=O)c1cc(C)n(-c2ccccc2)n1. The van der Waals surface area contributed by atoms with Crippen LogP contribution in [0, 0.1) is 6.92 Å². The van der Waals surface area contributed by atoms with Gasteiger partial charge < -0.3 is 10.2 Å². The van der Waals surface area contributed by atoms with E-state index in [0.29, 0.717) is 5.69 Å². The third-order valence-electron chi connectivity index (χ3n) is 3.98. The molecule has 0 spiro atoms. The Morgan fingerprint density at radius 2 is 2.04 bits per heavy atom. The van der Waals surface area contributed by atoms with Crippen LogP contribution in [0.3, 0.4) is 0 Å². The standard InChI is InChI=1S/C19H28N4O/c1-5-6-12-22(4)14-15(2)20-19(24)18-13-16(3)23(21-18)17-10-8-7-9-11-17/h7-11,13,15H,5-6,12,14H2,1-4H3,(H,20,24). The van der Waals surface area contributed by atoms with E-state index in [1.165, 1.54) is 12.8 Å². The molecule has 5 nitrogen and oxygen atoms in total. The van der Waals surface area contributed by atoms with E-state index in [1.807, 2.05) is 50.2 Å². The first-order valence-corrected chi connectivity index (χ1v) is 8.62. The molecule has 2 rings (SSSR count). The Morgan fingerprint density at radius 3 is 2.71 bits per heavy atom. The molecule has 0 aliphatic rings. The van der Waals surface area contributed by atoms with Gasteiger partial charge in [0.15, 0.2) is 5.69 Å². The lowest BCUT2D eigenvalue weighted by molar-refractivity contribution is 0.0926. The van der Waals surface area contributed by atoms with Gasteiger partial charge in [-0.05, 0) is 52.1 Å². The van der Waals surface area contributed by atoms with Crippen LogP contribution in [0.15, 0.2) is 36.4 Å². The molecule has 5 heteroatoms. The third kappa shape index (κ3) is 4.93. The minimum atomic E-state index is -0.121. The highest BCUT2D eigenvalue weighted by Gasteiger charge is 2.16. The maximum Gasteiger partial charge on any atom is 0.272 e. The number of aromatic nitrogens is 2. The van der Waals surface area contributed by atoms with Crippen LogP contribution in [0.1, 0.15) is 42.9 Å². The van der Waals surface area contributed by atoms with Gasteiger partial charge in [0.05, 0.1) is 5.69 Å². The number of rotatable bonds is 8. The van der Waals surface area contributed by atoms with Gasteiger partial charge in [-0.25, -0.2) is 4.68 Å². The van der Waals surface area contributed by atoms with Crippen molar-refractivity contribution in [2.45, 2.75) is 39.7 Å². The number of aryl methyl sites for hydroxylation is 1. The highest BCUT2D eigenvalue weighted by molar-refractivity contribution is 5.92. The summed E-state index contributed by atoms with van der Waals surface area (Å²) in [4.78, 5) is 14.7. The lowest BCUT2D eigenvalue weighted by Crippen LogP contribution is -2.41. The molecule has 2 aromatic rings. The molecule has 1 amide bonds. The van der Waals surface area contributed by atoms with Crippen molar-refractivity contribution < 1.29 is 4.79 Å². The van der Waals surface area contributed by atoms with Crippen molar-refractivity contribution in [3.8, 4) is 5.69 Å². The molecular formula is C19H28N4O. The highest BCUT2D eigenvalue weighted by Crippen LogP contribution is 2.11. The quantitative estimate of drug-likeness (QED) is 0.810. The molecule has 1 N–H and O–H groups in total. The first-order valence-electron chi connectivity index (χ1n) is 8.62. The molecule has 0 saturated carbocycles. The number of unbranched alkanes of at least 4 members (excludes halogenated alkanes) is 1. The Labute approximate surface area is 144 Å². The number of carbonyl (C=O) groups is 1. The number of hydrogen-bond acceptors (Lipinski definition) is 3. The van der Waals surface area contributed by atoms with E-state index in [2.05, 4.69) is 29.3 Å². The summed E-state index contributed by atoms with van der Waals surface area (Å²) in [6, 6.07) is 11.8. The second kappa shape index (κ2) is 8.64. The summed E-state index contributed by atoms with van der Waals surface area (Å²) < 4.78 is 1.80. The second-order valence-corrected chi connectivity index (χ2v) is 6.41. The molecule has 0 radical (unpaired) electrons. The van der Waals surface area contributed by atoms with E-state index < -0.39 is 0 Å². The van der Waals surface area contributed by atoms with Crippen LogP contribution in [0.5, 0.6) is 0 Å². The molecular weight excluding hydrogens is 300 g/mol. The third-order valence-corrected chi connectivity index (χ3v) is 3.98. The number of nitrogens with one attached hydrogen (secondary N) is 1. The first-order chi connectivity index (χ1) is 11.5. The molecule has 0 bridgehead atoms. The van der Waals surface area contributed by atoms with E-state index in [1.54, 1.807) is 4.68 Å². The van der Waals surface area contributed by atoms with Crippen LogP contribution < -0.4 is 5.32 Å². The van der Waals surface area contributed by atoms with Crippen LogP contribution in [0.2, 0.25) is 0 Å². The molecule has 0 saturated heterocycles. The van der Waals surface area contributed by atoms with E-state index >= 15 is 0 Å². The molecule has 1 aromatic heterocycles. The summed E-state index contributed by atoms with van der Waals surface area (Å²) in [5.41, 5.74) is 2.36. The van der Waals surface area contributed by atoms with E-state index in [4.69, 9.17) is 0 Å². The average molecular weight is 328 g/mol. The van der Waals surface area contributed by atoms with Gasteiger partial charge in [0.25, 0.3) is 5.91 Å². The number of benzene rings is 1. The summed E-state index contributed by atoms with van der Waals surface area (Å²) in [6.07, 6.45) is 2.36. The first kappa shape index (κ1) is 18.2. The van der Waals surface area contributed by atoms with Crippen LogP contribution in [-0.2, 0) is 0 Å². The fourth-order valence-electron chi connectivity index (χ4n) is 2.75. The van der Waals surface area contributed by atoms with Crippen LogP contribution in [-0.4, -0.2) is 46.8 Å². The summed E-state index contributed by atoms with van der Waals surface area (Å²) in [5.74, 6) is -0.121. The Balaban J connectivity index is 1.98. The lowest BCUT2D eigenvalue weighted by atomic mass is 10.2. The largest absolute Gasteiger partial charge is 0.347 e. The zero-order valence-corrected chi connectivity index (χ0v) is 15.1. The second-order valence-electron chi connectivity index (χ2n) is 6.41. The predicted molar refractivity (Wildman–Crippen MR) is 97.6 cm³/mol. The van der Waals surface area contributed by atoms with Crippen molar-refractivity contribution >= 4 is 5.91 Å². The highest BCUT2D eigenvalue weighted by atomic mass is 16.2. The minimum Gasteiger partial charge on any atom is -0.347 e. The normalized spacial score (nSPS) is 12.4. The number of likely N-dealkylation sites (N-methyl/N-ethyl adjacent to an activating group) is 1. The Morgan fingerprint density at radius 1 is 1.33 bits per heavy atom. The van der Waals surface area contributed by atoms with E-state index in [0.717, 1.165) is 24.5 Å². The maximum absolute atomic E-state index is 12.4. The van der Waals surface area contributed by atoms with Gasteiger partial charge in [-0.3, -0.25) is 4.79 Å². The number of carbonyl (C=O) groups excluding carboxylic acids is 1. The average Bonchev–Trinajstić information content (AvgIpc) is 2.95. The van der Waals surface area contributed by atoms with Crippen molar-refractivity contribution in [2.24, 2.45) is 0 Å². The van der Waals surface area contributed by atoms with Gasteiger partial charge in [0, 0.05) is 18.3 Å². The van der Waals surface area contributed by atoms with Crippen molar-refractivity contribution in [2.75, 3.05) is 20.1 Å². The van der Waals surface area contributed by atoms with E-state index in [9.17, 15) is 4.79 Å². The smallest absolute Gasteiger partial charge is 0.272 e. The van der Waals surface area contributed by atoms with Gasteiger partial charge in [0.2, 0.25) is 0 Å². The molecule has 0 aliphatic heterocycles. The summed E-state index contributed by atoms with van der Waals surface area (Å²) in [6.45, 7) is 8.06.